The van der Waals surface area contributed by atoms with Crippen molar-refractivity contribution in [2.75, 3.05) is 6.54 Å². The second kappa shape index (κ2) is 10.1. The third-order valence-corrected chi connectivity index (χ3v) is 6.92. The van der Waals surface area contributed by atoms with Crippen molar-refractivity contribution in [3.63, 3.8) is 0 Å². The van der Waals surface area contributed by atoms with E-state index in [2.05, 4.69) is 11.9 Å². The fraction of sp³-hybridized carbons (Fsp3) is 0.250. The summed E-state index contributed by atoms with van der Waals surface area (Å²) in [7, 11) is 0. The molecule has 33 heavy (non-hydrogen) atoms. The standard InChI is InChI=1S/C24H22ClN3O3S2/c1-3-4-7-12-28-23(30)19(33-24(28)32)14-16-21(31-18-11-6-5-10-17(18)25)26-20-15(2)9-8-13-27(20)22(16)29/h5-6,8-11,13-14H,3-4,7,12H2,1-2H3/b19-14+. The first-order valence-corrected chi connectivity index (χ1v) is 12.2. The van der Waals surface area contributed by atoms with Gasteiger partial charge in [-0.05, 0) is 43.2 Å². The lowest BCUT2D eigenvalue weighted by Crippen LogP contribution is -2.29. The van der Waals surface area contributed by atoms with E-state index in [9.17, 15) is 9.59 Å². The maximum absolute atomic E-state index is 13.4. The Morgan fingerprint density at radius 1 is 1.18 bits per heavy atom. The van der Waals surface area contributed by atoms with E-state index in [4.69, 9.17) is 28.6 Å². The molecule has 0 N–H and O–H groups in total. The van der Waals surface area contributed by atoms with Gasteiger partial charge in [0.25, 0.3) is 11.5 Å². The lowest BCUT2D eigenvalue weighted by molar-refractivity contribution is -0.122. The molecular weight excluding hydrogens is 478 g/mol. The molecule has 1 aliphatic heterocycles. The minimum absolute atomic E-state index is 0.0821. The molecule has 1 fully saturated rings. The summed E-state index contributed by atoms with van der Waals surface area (Å²) in [5.74, 6) is 0.239. The number of halogens is 1. The zero-order chi connectivity index (χ0) is 23.5. The summed E-state index contributed by atoms with van der Waals surface area (Å²) in [6, 6.07) is 10.6. The average molecular weight is 500 g/mol. The second-order valence-electron chi connectivity index (χ2n) is 7.59. The number of unbranched alkanes of at least 4 members (excludes halogenated alkanes) is 2. The number of thiocarbonyl (C=S) groups is 1. The maximum Gasteiger partial charge on any atom is 0.269 e. The number of hydrogen-bond donors (Lipinski definition) is 0. The largest absolute Gasteiger partial charge is 0.437 e. The van der Waals surface area contributed by atoms with Crippen LogP contribution in [-0.2, 0) is 4.79 Å². The van der Waals surface area contributed by atoms with Crippen LogP contribution in [0.2, 0.25) is 5.02 Å². The summed E-state index contributed by atoms with van der Waals surface area (Å²) in [6.45, 7) is 4.53. The van der Waals surface area contributed by atoms with E-state index < -0.39 is 0 Å². The number of amides is 1. The SMILES string of the molecule is CCCCCN1C(=O)/C(=C\c2c(Oc3ccccc3Cl)nc3c(C)cccn3c2=O)SC1=S. The Hall–Kier alpha value is -2.68. The Morgan fingerprint density at radius 3 is 2.73 bits per heavy atom. The summed E-state index contributed by atoms with van der Waals surface area (Å²) >= 11 is 12.9. The van der Waals surface area contributed by atoms with Crippen molar-refractivity contribution < 1.29 is 9.53 Å². The van der Waals surface area contributed by atoms with Crippen molar-refractivity contribution in [1.29, 1.82) is 0 Å². The predicted molar refractivity (Wildman–Crippen MR) is 137 cm³/mol. The molecule has 0 atom stereocenters. The van der Waals surface area contributed by atoms with Gasteiger partial charge in [0.2, 0.25) is 5.88 Å². The van der Waals surface area contributed by atoms with Crippen LogP contribution in [0.25, 0.3) is 11.7 Å². The lowest BCUT2D eigenvalue weighted by Gasteiger charge is -2.14. The number of benzene rings is 1. The van der Waals surface area contributed by atoms with E-state index in [1.54, 1.807) is 41.4 Å². The maximum atomic E-state index is 13.4. The topological polar surface area (TPSA) is 63.9 Å². The summed E-state index contributed by atoms with van der Waals surface area (Å²) in [5, 5.41) is 0.387. The zero-order valence-electron chi connectivity index (χ0n) is 18.2. The van der Waals surface area contributed by atoms with Gasteiger partial charge < -0.3 is 4.74 Å². The van der Waals surface area contributed by atoms with Crippen LogP contribution in [0.15, 0.2) is 52.3 Å². The quantitative estimate of drug-likeness (QED) is 0.231. The van der Waals surface area contributed by atoms with Gasteiger partial charge in [0.1, 0.15) is 21.3 Å². The minimum atomic E-state index is -0.345. The molecule has 0 bridgehead atoms. The molecule has 170 valence electrons. The minimum Gasteiger partial charge on any atom is -0.437 e. The summed E-state index contributed by atoms with van der Waals surface area (Å²) in [4.78, 5) is 33.0. The highest BCUT2D eigenvalue weighted by molar-refractivity contribution is 8.26. The fourth-order valence-corrected chi connectivity index (χ4v) is 4.93. The van der Waals surface area contributed by atoms with Gasteiger partial charge in [-0.2, -0.15) is 4.98 Å². The van der Waals surface area contributed by atoms with E-state index >= 15 is 0 Å². The smallest absolute Gasteiger partial charge is 0.269 e. The van der Waals surface area contributed by atoms with E-state index in [-0.39, 0.29) is 22.9 Å². The molecule has 3 aromatic rings. The molecule has 1 saturated heterocycles. The Bertz CT molecular complexity index is 1340. The number of aromatic nitrogens is 2. The second-order valence-corrected chi connectivity index (χ2v) is 9.68. The van der Waals surface area contributed by atoms with Crippen LogP contribution in [0.3, 0.4) is 0 Å². The summed E-state index contributed by atoms with van der Waals surface area (Å²) < 4.78 is 7.93. The average Bonchev–Trinajstić information content (AvgIpc) is 3.06. The van der Waals surface area contributed by atoms with Crippen molar-refractivity contribution in [1.82, 2.24) is 14.3 Å². The number of rotatable bonds is 7. The number of nitrogens with zero attached hydrogens (tertiary/aromatic N) is 3. The van der Waals surface area contributed by atoms with Gasteiger partial charge in [-0.25, -0.2) is 0 Å². The third kappa shape index (κ3) is 4.83. The molecule has 4 rings (SSSR count). The van der Waals surface area contributed by atoms with Gasteiger partial charge in [0, 0.05) is 12.7 Å². The molecule has 6 nitrogen and oxygen atoms in total. The number of carbonyl (C=O) groups is 1. The first kappa shape index (κ1) is 23.5. The normalized spacial score (nSPS) is 15.1. The molecule has 1 aromatic carbocycles. The van der Waals surface area contributed by atoms with Crippen molar-refractivity contribution in [3.8, 4) is 11.6 Å². The number of aryl methyl sites for hydroxylation is 1. The van der Waals surface area contributed by atoms with Crippen LogP contribution >= 0.6 is 35.6 Å². The first-order valence-electron chi connectivity index (χ1n) is 10.6. The van der Waals surface area contributed by atoms with Crippen molar-refractivity contribution in [2.45, 2.75) is 33.1 Å². The summed E-state index contributed by atoms with van der Waals surface area (Å²) in [6.07, 6.45) is 6.10. The van der Waals surface area contributed by atoms with Gasteiger partial charge in [-0.1, -0.05) is 73.5 Å². The number of pyridine rings is 1. The van der Waals surface area contributed by atoms with Crippen LogP contribution in [0.5, 0.6) is 11.6 Å². The van der Waals surface area contributed by atoms with Crippen molar-refractivity contribution in [2.24, 2.45) is 0 Å². The fourth-order valence-electron chi connectivity index (χ4n) is 3.47. The molecule has 9 heteroatoms. The molecule has 1 aliphatic rings. The number of ether oxygens (including phenoxy) is 1. The van der Waals surface area contributed by atoms with Gasteiger partial charge in [0.05, 0.1) is 9.93 Å². The molecule has 0 aliphatic carbocycles. The first-order chi connectivity index (χ1) is 15.9. The number of para-hydroxylation sites is 1. The highest BCUT2D eigenvalue weighted by Gasteiger charge is 2.32. The number of hydrogen-bond acceptors (Lipinski definition) is 6. The predicted octanol–water partition coefficient (Wildman–Crippen LogP) is 5.84. The van der Waals surface area contributed by atoms with Crippen LogP contribution in [0, 0.1) is 6.92 Å². The van der Waals surface area contributed by atoms with E-state index in [0.29, 0.717) is 32.2 Å². The Balaban J connectivity index is 1.82. The number of carbonyl (C=O) groups excluding carboxylic acids is 1. The zero-order valence-corrected chi connectivity index (χ0v) is 20.6. The molecule has 0 radical (unpaired) electrons. The highest BCUT2D eigenvalue weighted by Crippen LogP contribution is 2.35. The number of fused-ring (bicyclic) bond motifs is 1. The van der Waals surface area contributed by atoms with Gasteiger partial charge in [-0.3, -0.25) is 18.9 Å². The Kier molecular flexibility index (Phi) is 7.17. The van der Waals surface area contributed by atoms with Crippen LogP contribution in [-0.4, -0.2) is 31.1 Å². The monoisotopic (exact) mass is 499 g/mol. The van der Waals surface area contributed by atoms with E-state index in [1.807, 2.05) is 13.0 Å². The van der Waals surface area contributed by atoms with Crippen LogP contribution in [0.4, 0.5) is 0 Å². The molecule has 2 aromatic heterocycles. The molecule has 0 spiro atoms. The van der Waals surface area contributed by atoms with Crippen LogP contribution < -0.4 is 10.3 Å². The van der Waals surface area contributed by atoms with E-state index in [1.165, 1.54) is 22.2 Å². The van der Waals surface area contributed by atoms with Crippen LogP contribution in [0.1, 0.15) is 37.3 Å². The molecular formula is C24H22ClN3O3S2. The lowest BCUT2D eigenvalue weighted by atomic mass is 10.2. The molecule has 0 saturated carbocycles. The van der Waals surface area contributed by atoms with Gasteiger partial charge in [-0.15, -0.1) is 0 Å². The molecule has 1 amide bonds. The van der Waals surface area contributed by atoms with Gasteiger partial charge >= 0.3 is 0 Å². The Labute approximate surface area is 206 Å². The third-order valence-electron chi connectivity index (χ3n) is 5.23. The van der Waals surface area contributed by atoms with E-state index in [0.717, 1.165) is 24.8 Å². The van der Waals surface area contributed by atoms with Crippen molar-refractivity contribution >= 4 is 57.5 Å². The number of thioether (sulfide) groups is 1. The molecule has 3 heterocycles. The Morgan fingerprint density at radius 2 is 1.97 bits per heavy atom. The van der Waals surface area contributed by atoms with Crippen molar-refractivity contribution in [3.05, 3.63) is 74.0 Å². The van der Waals surface area contributed by atoms with Gasteiger partial charge in [0.15, 0.2) is 0 Å². The molecule has 0 unspecified atom stereocenters. The highest BCUT2D eigenvalue weighted by atomic mass is 35.5. The summed E-state index contributed by atoms with van der Waals surface area (Å²) in [5.41, 5.74) is 1.09.